The molecule has 3 rings (SSSR count). The molecule has 0 aliphatic heterocycles. The minimum Gasteiger partial charge on any atom is -0.491 e. The van der Waals surface area contributed by atoms with Crippen molar-refractivity contribution < 1.29 is 14.3 Å². The highest BCUT2D eigenvalue weighted by Gasteiger charge is 2.14. The summed E-state index contributed by atoms with van der Waals surface area (Å²) < 4.78 is 10.5. The lowest BCUT2D eigenvalue weighted by Gasteiger charge is -2.09. The molecule has 1 N–H and O–H groups in total. The molecule has 0 saturated heterocycles. The zero-order valence-corrected chi connectivity index (χ0v) is 16.3. The maximum atomic E-state index is 12.6. The molecule has 0 fully saturated rings. The Morgan fingerprint density at radius 1 is 1.00 bits per heavy atom. The van der Waals surface area contributed by atoms with Crippen LogP contribution >= 0.6 is 11.3 Å². The molecule has 3 aromatic rings. The fraction of sp³-hybridized carbons (Fsp3) is 0.227. The lowest BCUT2D eigenvalue weighted by atomic mass is 10.0. The number of rotatable bonds is 8. The summed E-state index contributed by atoms with van der Waals surface area (Å²) in [5.74, 6) is 0.739. The number of thiophene rings is 1. The molecule has 0 spiro atoms. The minimum absolute atomic E-state index is 0.0546. The zero-order chi connectivity index (χ0) is 19.1. The van der Waals surface area contributed by atoms with Crippen molar-refractivity contribution in [1.29, 1.82) is 0 Å². The van der Waals surface area contributed by atoms with E-state index in [1.807, 2.05) is 35.7 Å². The summed E-state index contributed by atoms with van der Waals surface area (Å²) in [6.07, 6.45) is 0. The first-order chi connectivity index (χ1) is 13.2. The Hall–Kier alpha value is -2.63. The molecule has 4 nitrogen and oxygen atoms in total. The molecule has 2 aromatic carbocycles. The van der Waals surface area contributed by atoms with E-state index in [9.17, 15) is 4.79 Å². The number of nitrogens with one attached hydrogen (secondary N) is 1. The average molecular weight is 381 g/mol. The summed E-state index contributed by atoms with van der Waals surface area (Å²) in [6.45, 7) is 3.61. The van der Waals surface area contributed by atoms with Gasteiger partial charge in [-0.25, -0.2) is 0 Å². The standard InChI is InChI=1S/C22H23NO3S/c1-16-3-7-18(8-4-16)20-11-14-27-21(20)22(24)23-15-17-5-9-19(10-6-17)26-13-12-25-2/h3-11,14H,12-13,15H2,1-2H3,(H,23,24). The second-order valence-corrected chi connectivity index (χ2v) is 7.11. The van der Waals surface area contributed by atoms with Gasteiger partial charge in [-0.1, -0.05) is 42.0 Å². The first-order valence-corrected chi connectivity index (χ1v) is 9.69. The Labute approximate surface area is 163 Å². The Bertz CT molecular complexity index is 869. The zero-order valence-electron chi connectivity index (χ0n) is 15.5. The third-order valence-electron chi connectivity index (χ3n) is 4.17. The van der Waals surface area contributed by atoms with E-state index in [4.69, 9.17) is 9.47 Å². The highest BCUT2D eigenvalue weighted by Crippen LogP contribution is 2.28. The highest BCUT2D eigenvalue weighted by atomic mass is 32.1. The molecule has 1 heterocycles. The Morgan fingerprint density at radius 2 is 1.74 bits per heavy atom. The van der Waals surface area contributed by atoms with E-state index in [1.165, 1.54) is 16.9 Å². The largest absolute Gasteiger partial charge is 0.491 e. The Kier molecular flexibility index (Phi) is 6.63. The van der Waals surface area contributed by atoms with Crippen LogP contribution in [0.3, 0.4) is 0 Å². The second-order valence-electron chi connectivity index (χ2n) is 6.20. The number of methoxy groups -OCH3 is 1. The van der Waals surface area contributed by atoms with Crippen molar-refractivity contribution in [3.63, 3.8) is 0 Å². The summed E-state index contributed by atoms with van der Waals surface area (Å²) in [5, 5.41) is 4.96. The van der Waals surface area contributed by atoms with Gasteiger partial charge < -0.3 is 14.8 Å². The van der Waals surface area contributed by atoms with Gasteiger partial charge in [-0.15, -0.1) is 11.3 Å². The third kappa shape index (κ3) is 5.18. The topological polar surface area (TPSA) is 47.6 Å². The monoisotopic (exact) mass is 381 g/mol. The van der Waals surface area contributed by atoms with Crippen LogP contribution in [-0.4, -0.2) is 26.2 Å². The second kappa shape index (κ2) is 9.35. The molecule has 0 aliphatic rings. The van der Waals surface area contributed by atoms with Gasteiger partial charge in [0.25, 0.3) is 5.91 Å². The van der Waals surface area contributed by atoms with Gasteiger partial charge in [0.1, 0.15) is 12.4 Å². The summed E-state index contributed by atoms with van der Waals surface area (Å²) >= 11 is 1.46. The number of aryl methyl sites for hydroxylation is 1. The molecular weight excluding hydrogens is 358 g/mol. The van der Waals surface area contributed by atoms with Crippen molar-refractivity contribution >= 4 is 17.2 Å². The van der Waals surface area contributed by atoms with Crippen LogP contribution in [0.2, 0.25) is 0 Å². The molecule has 1 aromatic heterocycles. The van der Waals surface area contributed by atoms with Crippen molar-refractivity contribution in [1.82, 2.24) is 5.32 Å². The summed E-state index contributed by atoms with van der Waals surface area (Å²) in [6, 6.07) is 17.9. The Morgan fingerprint density at radius 3 is 2.44 bits per heavy atom. The summed E-state index contributed by atoms with van der Waals surface area (Å²) in [7, 11) is 1.65. The third-order valence-corrected chi connectivity index (χ3v) is 5.08. The van der Waals surface area contributed by atoms with Gasteiger partial charge in [0, 0.05) is 19.2 Å². The van der Waals surface area contributed by atoms with Crippen LogP contribution in [0.5, 0.6) is 5.75 Å². The number of carbonyl (C=O) groups excluding carboxylic acids is 1. The molecule has 0 radical (unpaired) electrons. The van der Waals surface area contributed by atoms with Crippen molar-refractivity contribution in [2.75, 3.05) is 20.3 Å². The molecule has 27 heavy (non-hydrogen) atoms. The average Bonchev–Trinajstić information content (AvgIpc) is 3.18. The van der Waals surface area contributed by atoms with Gasteiger partial charge >= 0.3 is 0 Å². The smallest absolute Gasteiger partial charge is 0.262 e. The van der Waals surface area contributed by atoms with Gasteiger partial charge in [0.15, 0.2) is 0 Å². The molecule has 0 aliphatic carbocycles. The van der Waals surface area contributed by atoms with E-state index in [1.54, 1.807) is 7.11 Å². The molecule has 0 saturated carbocycles. The van der Waals surface area contributed by atoms with Gasteiger partial charge in [0.05, 0.1) is 11.5 Å². The minimum atomic E-state index is -0.0546. The Balaban J connectivity index is 1.60. The fourth-order valence-electron chi connectivity index (χ4n) is 2.65. The van der Waals surface area contributed by atoms with Gasteiger partial charge in [-0.2, -0.15) is 0 Å². The van der Waals surface area contributed by atoms with Crippen molar-refractivity contribution in [3.05, 3.63) is 76.0 Å². The SMILES string of the molecule is COCCOc1ccc(CNC(=O)c2sccc2-c2ccc(C)cc2)cc1. The number of ether oxygens (including phenoxy) is 2. The first kappa shape index (κ1) is 19.1. The van der Waals surface area contributed by atoms with Crippen molar-refractivity contribution in [2.24, 2.45) is 0 Å². The van der Waals surface area contributed by atoms with Crippen molar-refractivity contribution in [3.8, 4) is 16.9 Å². The van der Waals surface area contributed by atoms with Crippen LogP contribution in [-0.2, 0) is 11.3 Å². The molecular formula is C22H23NO3S. The van der Waals surface area contributed by atoms with Crippen LogP contribution in [0.25, 0.3) is 11.1 Å². The number of carbonyl (C=O) groups is 1. The lowest BCUT2D eigenvalue weighted by Crippen LogP contribution is -2.22. The van der Waals surface area contributed by atoms with Gasteiger partial charge in [-0.05, 0) is 41.6 Å². The summed E-state index contributed by atoms with van der Waals surface area (Å²) in [5.41, 5.74) is 4.26. The van der Waals surface area contributed by atoms with E-state index in [0.717, 1.165) is 27.3 Å². The van der Waals surface area contributed by atoms with E-state index in [2.05, 4.69) is 36.5 Å². The molecule has 5 heteroatoms. The van der Waals surface area contributed by atoms with Crippen LogP contribution < -0.4 is 10.1 Å². The number of hydrogen-bond donors (Lipinski definition) is 1. The van der Waals surface area contributed by atoms with Crippen LogP contribution in [0.4, 0.5) is 0 Å². The van der Waals surface area contributed by atoms with E-state index >= 15 is 0 Å². The van der Waals surface area contributed by atoms with E-state index in [0.29, 0.717) is 19.8 Å². The molecule has 1 amide bonds. The number of hydrogen-bond acceptors (Lipinski definition) is 4. The quantitative estimate of drug-likeness (QED) is 0.577. The predicted octanol–water partition coefficient (Wildman–Crippen LogP) is 4.68. The van der Waals surface area contributed by atoms with Gasteiger partial charge in [-0.3, -0.25) is 4.79 Å². The van der Waals surface area contributed by atoms with E-state index < -0.39 is 0 Å². The fourth-order valence-corrected chi connectivity index (χ4v) is 3.49. The lowest BCUT2D eigenvalue weighted by molar-refractivity contribution is 0.0955. The normalized spacial score (nSPS) is 10.6. The molecule has 0 atom stereocenters. The van der Waals surface area contributed by atoms with E-state index in [-0.39, 0.29) is 5.91 Å². The van der Waals surface area contributed by atoms with Crippen LogP contribution in [0, 0.1) is 6.92 Å². The van der Waals surface area contributed by atoms with Gasteiger partial charge in [0.2, 0.25) is 0 Å². The van der Waals surface area contributed by atoms with Crippen molar-refractivity contribution in [2.45, 2.75) is 13.5 Å². The highest BCUT2D eigenvalue weighted by molar-refractivity contribution is 7.12. The molecule has 0 unspecified atom stereocenters. The summed E-state index contributed by atoms with van der Waals surface area (Å²) in [4.78, 5) is 13.4. The molecule has 0 bridgehead atoms. The molecule has 140 valence electrons. The first-order valence-electron chi connectivity index (χ1n) is 8.81. The van der Waals surface area contributed by atoms with Crippen LogP contribution in [0.15, 0.2) is 60.0 Å². The maximum absolute atomic E-state index is 12.6. The maximum Gasteiger partial charge on any atom is 0.262 e. The van der Waals surface area contributed by atoms with Crippen LogP contribution in [0.1, 0.15) is 20.8 Å². The number of benzene rings is 2. The number of amides is 1. The predicted molar refractivity (Wildman–Crippen MR) is 109 cm³/mol.